The predicted octanol–water partition coefficient (Wildman–Crippen LogP) is 3.12. The van der Waals surface area contributed by atoms with Crippen molar-refractivity contribution in [3.05, 3.63) is 29.7 Å². The molecule has 0 aliphatic carbocycles. The molecule has 0 radical (unpaired) electrons. The van der Waals surface area contributed by atoms with Crippen LogP contribution in [0.3, 0.4) is 0 Å². The maximum Gasteiger partial charge on any atom is 0.471 e. The van der Waals surface area contributed by atoms with Gasteiger partial charge in [-0.2, -0.15) is 18.2 Å². The normalized spacial score (nSPS) is 11.5. The van der Waals surface area contributed by atoms with E-state index in [9.17, 15) is 26.7 Å². The van der Waals surface area contributed by atoms with Crippen molar-refractivity contribution in [2.75, 3.05) is 5.32 Å². The summed E-state index contributed by atoms with van der Waals surface area (Å²) in [5.41, 5.74) is -1.41. The first kappa shape index (κ1) is 14.7. The number of rotatable bonds is 2. The first-order valence-corrected chi connectivity index (χ1v) is 5.08. The van der Waals surface area contributed by atoms with Gasteiger partial charge in [-0.3, -0.25) is 5.32 Å². The maximum atomic E-state index is 13.5. The topological polar surface area (TPSA) is 88.2 Å². The second-order valence-electron chi connectivity index (χ2n) is 3.67. The van der Waals surface area contributed by atoms with Crippen LogP contribution < -0.4 is 5.32 Å². The standard InChI is InChI=1S/C10H4F5N3O3/c11-4-1-3(2-5(12)6(4)16-9(19)20)7-17-8(21-18-7)10(13,14)15/h1-2,16H,(H,19,20). The Morgan fingerprint density at radius 2 is 1.81 bits per heavy atom. The minimum atomic E-state index is -4.90. The Kier molecular flexibility index (Phi) is 3.49. The average Bonchev–Trinajstić information content (AvgIpc) is 2.82. The monoisotopic (exact) mass is 309 g/mol. The first-order chi connectivity index (χ1) is 9.68. The quantitative estimate of drug-likeness (QED) is 0.832. The third kappa shape index (κ3) is 3.07. The van der Waals surface area contributed by atoms with Gasteiger partial charge in [0.2, 0.25) is 5.82 Å². The van der Waals surface area contributed by atoms with Crippen LogP contribution in [0.15, 0.2) is 16.7 Å². The minimum Gasteiger partial charge on any atom is -0.465 e. The van der Waals surface area contributed by atoms with Crippen molar-refractivity contribution < 1.29 is 36.4 Å². The highest BCUT2D eigenvalue weighted by atomic mass is 19.4. The van der Waals surface area contributed by atoms with E-state index in [0.717, 1.165) is 0 Å². The summed E-state index contributed by atoms with van der Waals surface area (Å²) in [7, 11) is 0. The molecular formula is C10H4F5N3O3. The van der Waals surface area contributed by atoms with Crippen LogP contribution in [0.2, 0.25) is 0 Å². The number of hydrogen-bond donors (Lipinski definition) is 2. The smallest absolute Gasteiger partial charge is 0.465 e. The van der Waals surface area contributed by atoms with E-state index in [0.29, 0.717) is 12.1 Å². The summed E-state index contributed by atoms with van der Waals surface area (Å²) >= 11 is 0. The van der Waals surface area contributed by atoms with E-state index in [2.05, 4.69) is 14.7 Å². The van der Waals surface area contributed by atoms with Gasteiger partial charge in [0.1, 0.15) is 5.69 Å². The molecule has 0 atom stereocenters. The molecule has 6 nitrogen and oxygen atoms in total. The molecule has 0 unspecified atom stereocenters. The lowest BCUT2D eigenvalue weighted by Gasteiger charge is -2.05. The molecule has 2 N–H and O–H groups in total. The first-order valence-electron chi connectivity index (χ1n) is 5.08. The number of anilines is 1. The van der Waals surface area contributed by atoms with Gasteiger partial charge >= 0.3 is 18.2 Å². The van der Waals surface area contributed by atoms with Gasteiger partial charge in [0.05, 0.1) is 0 Å². The van der Waals surface area contributed by atoms with E-state index in [1.54, 1.807) is 0 Å². The number of benzene rings is 1. The van der Waals surface area contributed by atoms with Crippen LogP contribution in [0.1, 0.15) is 5.89 Å². The van der Waals surface area contributed by atoms with Gasteiger partial charge in [-0.05, 0) is 12.1 Å². The van der Waals surface area contributed by atoms with Crippen LogP contribution in [0.5, 0.6) is 0 Å². The van der Waals surface area contributed by atoms with Crippen LogP contribution in [0.4, 0.5) is 32.4 Å². The molecule has 0 saturated heterocycles. The number of nitrogens with one attached hydrogen (secondary N) is 1. The number of carbonyl (C=O) groups is 1. The summed E-state index contributed by atoms with van der Waals surface area (Å²) in [5, 5.41) is 12.8. The third-order valence-corrected chi connectivity index (χ3v) is 2.20. The summed E-state index contributed by atoms with van der Waals surface area (Å²) in [6.07, 6.45) is -6.60. The van der Waals surface area contributed by atoms with E-state index >= 15 is 0 Å². The number of halogens is 5. The van der Waals surface area contributed by atoms with Crippen molar-refractivity contribution in [1.82, 2.24) is 10.1 Å². The van der Waals surface area contributed by atoms with Gasteiger partial charge in [0.25, 0.3) is 0 Å². The molecule has 0 spiro atoms. The second kappa shape index (κ2) is 5.00. The van der Waals surface area contributed by atoms with E-state index in [4.69, 9.17) is 5.11 Å². The van der Waals surface area contributed by atoms with Crippen molar-refractivity contribution in [3.8, 4) is 11.4 Å². The predicted molar refractivity (Wildman–Crippen MR) is 56.3 cm³/mol. The maximum absolute atomic E-state index is 13.5. The summed E-state index contributed by atoms with van der Waals surface area (Å²) in [6, 6.07) is 1.14. The summed E-state index contributed by atoms with van der Waals surface area (Å²) in [4.78, 5) is 13.3. The largest absolute Gasteiger partial charge is 0.471 e. The number of nitrogens with zero attached hydrogens (tertiary/aromatic N) is 2. The lowest BCUT2D eigenvalue weighted by atomic mass is 10.1. The van der Waals surface area contributed by atoms with E-state index in [1.165, 1.54) is 5.32 Å². The molecule has 1 amide bonds. The molecule has 112 valence electrons. The Balaban J connectivity index is 2.42. The lowest BCUT2D eigenvalue weighted by molar-refractivity contribution is -0.159. The van der Waals surface area contributed by atoms with Crippen molar-refractivity contribution in [2.45, 2.75) is 6.18 Å². The van der Waals surface area contributed by atoms with Gasteiger partial charge in [-0.1, -0.05) is 5.16 Å². The molecule has 21 heavy (non-hydrogen) atoms. The molecule has 11 heteroatoms. The van der Waals surface area contributed by atoms with E-state index < -0.39 is 46.9 Å². The highest BCUT2D eigenvalue weighted by Gasteiger charge is 2.38. The zero-order chi connectivity index (χ0) is 15.8. The Bertz CT molecular complexity index is 674. The highest BCUT2D eigenvalue weighted by molar-refractivity contribution is 5.83. The molecule has 0 aliphatic rings. The number of hydrogen-bond acceptors (Lipinski definition) is 4. The van der Waals surface area contributed by atoms with Crippen LogP contribution in [-0.2, 0) is 6.18 Å². The summed E-state index contributed by atoms with van der Waals surface area (Å²) in [5.74, 6) is -5.05. The molecule has 0 aliphatic heterocycles. The lowest BCUT2D eigenvalue weighted by Crippen LogP contribution is -2.10. The van der Waals surface area contributed by atoms with Crippen molar-refractivity contribution in [3.63, 3.8) is 0 Å². The Morgan fingerprint density at radius 3 is 2.24 bits per heavy atom. The average molecular weight is 309 g/mol. The number of alkyl halides is 3. The number of aromatic nitrogens is 2. The molecule has 2 aromatic rings. The van der Waals surface area contributed by atoms with E-state index in [1.807, 2.05) is 0 Å². The highest BCUT2D eigenvalue weighted by Crippen LogP contribution is 2.31. The Morgan fingerprint density at radius 1 is 1.24 bits per heavy atom. The molecule has 0 fully saturated rings. The zero-order valence-corrected chi connectivity index (χ0v) is 9.70. The van der Waals surface area contributed by atoms with Crippen LogP contribution in [0, 0.1) is 11.6 Å². The summed E-state index contributed by atoms with van der Waals surface area (Å²) in [6.45, 7) is 0. The van der Waals surface area contributed by atoms with Gasteiger partial charge in [0.15, 0.2) is 11.6 Å². The summed E-state index contributed by atoms with van der Waals surface area (Å²) < 4.78 is 67.8. The van der Waals surface area contributed by atoms with Gasteiger partial charge in [-0.25, -0.2) is 13.6 Å². The van der Waals surface area contributed by atoms with E-state index in [-0.39, 0.29) is 0 Å². The van der Waals surface area contributed by atoms with Gasteiger partial charge in [0, 0.05) is 5.56 Å². The van der Waals surface area contributed by atoms with Crippen LogP contribution in [0.25, 0.3) is 11.4 Å². The van der Waals surface area contributed by atoms with Crippen molar-refractivity contribution in [2.24, 2.45) is 0 Å². The van der Waals surface area contributed by atoms with Crippen LogP contribution >= 0.6 is 0 Å². The second-order valence-corrected chi connectivity index (χ2v) is 3.67. The number of carboxylic acid groups (broad SMARTS) is 1. The molecule has 1 aromatic carbocycles. The Hall–Kier alpha value is -2.72. The van der Waals surface area contributed by atoms with Gasteiger partial charge < -0.3 is 9.63 Å². The Labute approximate surface area is 112 Å². The SMILES string of the molecule is O=C(O)Nc1c(F)cc(-c2noc(C(F)(F)F)n2)cc1F. The number of amides is 1. The molecule has 0 saturated carbocycles. The molecule has 1 aromatic heterocycles. The molecular weight excluding hydrogens is 305 g/mol. The fourth-order valence-electron chi connectivity index (χ4n) is 1.38. The molecule has 2 rings (SSSR count). The third-order valence-electron chi connectivity index (χ3n) is 2.20. The van der Waals surface area contributed by atoms with Crippen molar-refractivity contribution >= 4 is 11.8 Å². The minimum absolute atomic E-state index is 0.444. The molecule has 1 heterocycles. The fourth-order valence-corrected chi connectivity index (χ4v) is 1.38. The fraction of sp³-hybridized carbons (Fsp3) is 0.100. The molecule has 0 bridgehead atoms. The van der Waals surface area contributed by atoms with Crippen LogP contribution in [-0.4, -0.2) is 21.3 Å². The van der Waals surface area contributed by atoms with Crippen molar-refractivity contribution in [1.29, 1.82) is 0 Å². The van der Waals surface area contributed by atoms with Gasteiger partial charge in [-0.15, -0.1) is 0 Å². The zero-order valence-electron chi connectivity index (χ0n) is 9.70.